The molecule has 1 aromatic heterocycles. The number of aryl methyl sites for hydroxylation is 1. The van der Waals surface area contributed by atoms with E-state index in [1.165, 1.54) is 0 Å². The zero-order chi connectivity index (χ0) is 17.8. The molecule has 6 heteroatoms. The summed E-state index contributed by atoms with van der Waals surface area (Å²) in [6.45, 7) is 3.09. The molecule has 0 radical (unpaired) electrons. The van der Waals surface area contributed by atoms with E-state index < -0.39 is 5.91 Å². The summed E-state index contributed by atoms with van der Waals surface area (Å²) in [6.07, 6.45) is 1.90. The molecule has 0 saturated carbocycles. The highest BCUT2D eigenvalue weighted by Gasteiger charge is 2.30. The molecule has 1 fully saturated rings. The molecule has 1 aromatic carbocycles. The van der Waals surface area contributed by atoms with Crippen molar-refractivity contribution >= 4 is 11.9 Å². The molecule has 1 aliphatic heterocycles. The maximum absolute atomic E-state index is 12.6. The standard InChI is InChI=1S/C19H22N4O2/c1-13-4-2-5-16(22-13)17-6-3-11-23(17)19(25)21-12-14-7-9-15(10-8-14)18(20)24/h2,4-5,7-10,17H,3,6,11-12H2,1H3,(H2,20,24)(H,21,25). The minimum absolute atomic E-state index is 0.0251. The number of primary amides is 1. The van der Waals surface area contributed by atoms with Crippen molar-refractivity contribution < 1.29 is 9.59 Å². The van der Waals surface area contributed by atoms with Crippen LogP contribution in [0.25, 0.3) is 0 Å². The molecule has 130 valence electrons. The van der Waals surface area contributed by atoms with E-state index >= 15 is 0 Å². The van der Waals surface area contributed by atoms with Crippen LogP contribution in [0.4, 0.5) is 4.79 Å². The van der Waals surface area contributed by atoms with E-state index in [2.05, 4.69) is 10.3 Å². The highest BCUT2D eigenvalue weighted by Crippen LogP contribution is 2.30. The zero-order valence-electron chi connectivity index (χ0n) is 14.2. The molecule has 25 heavy (non-hydrogen) atoms. The highest BCUT2D eigenvalue weighted by molar-refractivity contribution is 5.92. The Labute approximate surface area is 147 Å². The number of aromatic nitrogens is 1. The summed E-state index contributed by atoms with van der Waals surface area (Å²) < 4.78 is 0. The molecule has 6 nitrogen and oxygen atoms in total. The van der Waals surface area contributed by atoms with Gasteiger partial charge in [0.05, 0.1) is 11.7 Å². The third-order valence-electron chi connectivity index (χ3n) is 4.45. The molecule has 0 aliphatic carbocycles. The van der Waals surface area contributed by atoms with E-state index in [4.69, 9.17) is 5.73 Å². The molecule has 3 N–H and O–H groups in total. The van der Waals surface area contributed by atoms with Gasteiger partial charge in [0.1, 0.15) is 0 Å². The number of likely N-dealkylation sites (tertiary alicyclic amines) is 1. The fraction of sp³-hybridized carbons (Fsp3) is 0.316. The largest absolute Gasteiger partial charge is 0.366 e. The van der Waals surface area contributed by atoms with Crippen molar-refractivity contribution in [1.82, 2.24) is 15.2 Å². The molecule has 3 rings (SSSR count). The van der Waals surface area contributed by atoms with Gasteiger partial charge >= 0.3 is 6.03 Å². The number of carbonyl (C=O) groups excluding carboxylic acids is 2. The number of urea groups is 1. The van der Waals surface area contributed by atoms with E-state index in [9.17, 15) is 9.59 Å². The molecular formula is C19H22N4O2. The smallest absolute Gasteiger partial charge is 0.318 e. The quantitative estimate of drug-likeness (QED) is 0.898. The number of hydrogen-bond donors (Lipinski definition) is 2. The number of nitrogens with zero attached hydrogens (tertiary/aromatic N) is 2. The number of rotatable bonds is 4. The molecule has 2 aromatic rings. The number of nitrogens with one attached hydrogen (secondary N) is 1. The summed E-state index contributed by atoms with van der Waals surface area (Å²) in [6, 6.07) is 12.8. The second-order valence-corrected chi connectivity index (χ2v) is 6.28. The minimum atomic E-state index is -0.457. The van der Waals surface area contributed by atoms with Crippen molar-refractivity contribution in [3.63, 3.8) is 0 Å². The Kier molecular flexibility index (Phi) is 4.97. The van der Waals surface area contributed by atoms with Crippen molar-refractivity contribution in [2.24, 2.45) is 5.73 Å². The molecule has 1 saturated heterocycles. The van der Waals surface area contributed by atoms with Gasteiger partial charge in [-0.25, -0.2) is 4.79 Å². The maximum Gasteiger partial charge on any atom is 0.318 e. The molecule has 0 bridgehead atoms. The molecule has 1 atom stereocenters. The SMILES string of the molecule is Cc1cccc(C2CCCN2C(=O)NCc2ccc(C(N)=O)cc2)n1. The van der Waals surface area contributed by atoms with Crippen molar-refractivity contribution in [2.45, 2.75) is 32.4 Å². The summed E-state index contributed by atoms with van der Waals surface area (Å²) in [4.78, 5) is 30.1. The third-order valence-corrected chi connectivity index (χ3v) is 4.45. The monoisotopic (exact) mass is 338 g/mol. The number of pyridine rings is 1. The average molecular weight is 338 g/mol. The second-order valence-electron chi connectivity index (χ2n) is 6.28. The third kappa shape index (κ3) is 3.96. The Morgan fingerprint density at radius 2 is 2.00 bits per heavy atom. The predicted octanol–water partition coefficient (Wildman–Crippen LogP) is 2.54. The van der Waals surface area contributed by atoms with Crippen LogP contribution in [-0.2, 0) is 6.54 Å². The Balaban J connectivity index is 1.63. The van der Waals surface area contributed by atoms with Gasteiger partial charge in [0.2, 0.25) is 5.91 Å². The summed E-state index contributed by atoms with van der Waals surface area (Å²) in [5, 5.41) is 2.95. The number of hydrogen-bond acceptors (Lipinski definition) is 3. The van der Waals surface area contributed by atoms with Gasteiger partial charge in [0.25, 0.3) is 0 Å². The first-order chi connectivity index (χ1) is 12.0. The Morgan fingerprint density at radius 1 is 1.24 bits per heavy atom. The van der Waals surface area contributed by atoms with Crippen LogP contribution >= 0.6 is 0 Å². The van der Waals surface area contributed by atoms with Crippen molar-refractivity contribution in [3.8, 4) is 0 Å². The van der Waals surface area contributed by atoms with Crippen LogP contribution < -0.4 is 11.1 Å². The van der Waals surface area contributed by atoms with Crippen molar-refractivity contribution in [2.75, 3.05) is 6.54 Å². The molecule has 2 heterocycles. The normalized spacial score (nSPS) is 16.7. The lowest BCUT2D eigenvalue weighted by molar-refractivity contribution is 0.1000. The minimum Gasteiger partial charge on any atom is -0.366 e. The average Bonchev–Trinajstić information content (AvgIpc) is 3.10. The molecule has 3 amide bonds. The van der Waals surface area contributed by atoms with Crippen LogP contribution in [-0.4, -0.2) is 28.4 Å². The van der Waals surface area contributed by atoms with E-state index in [-0.39, 0.29) is 12.1 Å². The van der Waals surface area contributed by atoms with E-state index in [0.29, 0.717) is 12.1 Å². The lowest BCUT2D eigenvalue weighted by Crippen LogP contribution is -2.39. The van der Waals surface area contributed by atoms with Gasteiger partial charge in [0, 0.05) is 24.3 Å². The summed E-state index contributed by atoms with van der Waals surface area (Å²) >= 11 is 0. The van der Waals surface area contributed by atoms with Gasteiger partial charge in [-0.15, -0.1) is 0 Å². The number of benzene rings is 1. The molecular weight excluding hydrogens is 316 g/mol. The van der Waals surface area contributed by atoms with Gasteiger partial charge in [-0.1, -0.05) is 18.2 Å². The van der Waals surface area contributed by atoms with Gasteiger partial charge in [-0.2, -0.15) is 0 Å². The highest BCUT2D eigenvalue weighted by atomic mass is 16.2. The summed E-state index contributed by atoms with van der Waals surface area (Å²) in [7, 11) is 0. The first kappa shape index (κ1) is 17.0. The second kappa shape index (κ2) is 7.34. The predicted molar refractivity (Wildman–Crippen MR) is 94.9 cm³/mol. The number of carbonyl (C=O) groups is 2. The first-order valence-electron chi connectivity index (χ1n) is 8.41. The number of nitrogens with two attached hydrogens (primary N) is 1. The van der Waals surface area contributed by atoms with E-state index in [1.807, 2.05) is 30.0 Å². The topological polar surface area (TPSA) is 88.3 Å². The van der Waals surface area contributed by atoms with Crippen LogP contribution in [0.15, 0.2) is 42.5 Å². The van der Waals surface area contributed by atoms with Crippen LogP contribution in [0.5, 0.6) is 0 Å². The molecule has 1 aliphatic rings. The van der Waals surface area contributed by atoms with Crippen LogP contribution in [0, 0.1) is 6.92 Å². The van der Waals surface area contributed by atoms with Gasteiger partial charge in [0.15, 0.2) is 0 Å². The Bertz CT molecular complexity index is 773. The summed E-state index contributed by atoms with van der Waals surface area (Å²) in [5.41, 5.74) is 8.51. The van der Waals surface area contributed by atoms with Crippen molar-refractivity contribution in [3.05, 3.63) is 65.0 Å². The van der Waals surface area contributed by atoms with Crippen LogP contribution in [0.2, 0.25) is 0 Å². The fourth-order valence-corrected chi connectivity index (χ4v) is 3.13. The first-order valence-corrected chi connectivity index (χ1v) is 8.41. The van der Waals surface area contributed by atoms with Crippen LogP contribution in [0.1, 0.15) is 46.2 Å². The molecule has 0 spiro atoms. The van der Waals surface area contributed by atoms with Crippen molar-refractivity contribution in [1.29, 1.82) is 0 Å². The lowest BCUT2D eigenvalue weighted by Gasteiger charge is -2.25. The molecule has 1 unspecified atom stereocenters. The van der Waals surface area contributed by atoms with E-state index in [1.54, 1.807) is 24.3 Å². The van der Waals surface area contributed by atoms with Crippen LogP contribution in [0.3, 0.4) is 0 Å². The maximum atomic E-state index is 12.6. The summed E-state index contributed by atoms with van der Waals surface area (Å²) in [5.74, 6) is -0.457. The number of amides is 3. The zero-order valence-corrected chi connectivity index (χ0v) is 14.2. The van der Waals surface area contributed by atoms with Gasteiger partial charge in [-0.05, 0) is 49.6 Å². The van der Waals surface area contributed by atoms with Gasteiger partial charge < -0.3 is 16.0 Å². The van der Waals surface area contributed by atoms with E-state index in [0.717, 1.165) is 36.3 Å². The Hall–Kier alpha value is -2.89. The Morgan fingerprint density at radius 3 is 2.68 bits per heavy atom. The van der Waals surface area contributed by atoms with Gasteiger partial charge in [-0.3, -0.25) is 9.78 Å². The lowest BCUT2D eigenvalue weighted by atomic mass is 10.1. The fourth-order valence-electron chi connectivity index (χ4n) is 3.13.